The summed E-state index contributed by atoms with van der Waals surface area (Å²) in [6.07, 6.45) is 1.89. The molecule has 2 rings (SSSR count). The van der Waals surface area contributed by atoms with Gasteiger partial charge < -0.3 is 10.3 Å². The van der Waals surface area contributed by atoms with Crippen LogP contribution in [0.1, 0.15) is 33.0 Å². The first-order valence-corrected chi connectivity index (χ1v) is 7.31. The summed E-state index contributed by atoms with van der Waals surface area (Å²) in [5, 5.41) is 0.730. The van der Waals surface area contributed by atoms with Crippen LogP contribution in [0.25, 0.3) is 11.0 Å². The van der Waals surface area contributed by atoms with E-state index in [1.165, 1.54) is 0 Å². The van der Waals surface area contributed by atoms with E-state index < -0.39 is 0 Å². The molecule has 0 saturated carbocycles. The molecule has 3 nitrogen and oxygen atoms in total. The molecule has 1 aromatic heterocycles. The number of nitrogens with two attached hydrogens (primary N) is 1. The molecule has 1 heterocycles. The average Bonchev–Trinajstić information content (AvgIpc) is 2.67. The normalized spacial score (nSPS) is 13.4. The Kier molecular flexibility index (Phi) is 4.48. The molecule has 0 amide bonds. The summed E-state index contributed by atoms with van der Waals surface area (Å²) >= 11 is 6.04. The SMILES string of the molecule is CCCn1c(CC(N)C(C)C)nc2cc(Cl)ccc21. The summed E-state index contributed by atoms with van der Waals surface area (Å²) in [5.74, 6) is 1.53. The van der Waals surface area contributed by atoms with Crippen LogP contribution in [0.2, 0.25) is 5.02 Å². The highest BCUT2D eigenvalue weighted by Gasteiger charge is 2.15. The molecule has 0 radical (unpaired) electrons. The molecule has 2 N–H and O–H groups in total. The van der Waals surface area contributed by atoms with Gasteiger partial charge in [0.25, 0.3) is 0 Å². The van der Waals surface area contributed by atoms with E-state index in [2.05, 4.69) is 25.3 Å². The van der Waals surface area contributed by atoms with E-state index in [0.29, 0.717) is 5.92 Å². The molecular weight excluding hydrogens is 258 g/mol. The first-order chi connectivity index (χ1) is 9.02. The van der Waals surface area contributed by atoms with Crippen LogP contribution >= 0.6 is 11.6 Å². The van der Waals surface area contributed by atoms with Gasteiger partial charge in [-0.15, -0.1) is 0 Å². The fourth-order valence-electron chi connectivity index (χ4n) is 2.23. The predicted molar refractivity (Wildman–Crippen MR) is 81.6 cm³/mol. The van der Waals surface area contributed by atoms with Crippen molar-refractivity contribution < 1.29 is 0 Å². The minimum Gasteiger partial charge on any atom is -0.328 e. The van der Waals surface area contributed by atoms with Gasteiger partial charge in [0.1, 0.15) is 5.82 Å². The minimum absolute atomic E-state index is 0.142. The quantitative estimate of drug-likeness (QED) is 0.908. The topological polar surface area (TPSA) is 43.8 Å². The van der Waals surface area contributed by atoms with Gasteiger partial charge in [-0.25, -0.2) is 4.98 Å². The molecule has 0 bridgehead atoms. The summed E-state index contributed by atoms with van der Waals surface area (Å²) in [6, 6.07) is 6.03. The maximum Gasteiger partial charge on any atom is 0.111 e. The van der Waals surface area contributed by atoms with Crippen molar-refractivity contribution in [3.8, 4) is 0 Å². The molecule has 2 aromatic rings. The number of benzene rings is 1. The van der Waals surface area contributed by atoms with Gasteiger partial charge in [0.15, 0.2) is 0 Å². The lowest BCUT2D eigenvalue weighted by molar-refractivity contribution is 0.472. The van der Waals surface area contributed by atoms with Crippen molar-refractivity contribution in [2.75, 3.05) is 0 Å². The fourth-order valence-corrected chi connectivity index (χ4v) is 2.39. The van der Waals surface area contributed by atoms with Crippen LogP contribution in [0, 0.1) is 5.92 Å². The summed E-state index contributed by atoms with van der Waals surface area (Å²) in [7, 11) is 0. The van der Waals surface area contributed by atoms with Crippen LogP contribution in [0.4, 0.5) is 0 Å². The summed E-state index contributed by atoms with van der Waals surface area (Å²) in [6.45, 7) is 7.44. The van der Waals surface area contributed by atoms with E-state index in [1.807, 2.05) is 18.2 Å². The number of aromatic nitrogens is 2. The Morgan fingerprint density at radius 2 is 2.11 bits per heavy atom. The third-order valence-corrected chi connectivity index (χ3v) is 3.75. The van der Waals surface area contributed by atoms with Crippen LogP contribution < -0.4 is 5.73 Å². The number of fused-ring (bicyclic) bond motifs is 1. The Hall–Kier alpha value is -1.06. The zero-order valence-electron chi connectivity index (χ0n) is 11.9. The van der Waals surface area contributed by atoms with Crippen LogP contribution in [-0.4, -0.2) is 15.6 Å². The van der Waals surface area contributed by atoms with Gasteiger partial charge in [0.2, 0.25) is 0 Å². The molecule has 0 aliphatic heterocycles. The average molecular weight is 280 g/mol. The van der Waals surface area contributed by atoms with E-state index in [-0.39, 0.29) is 6.04 Å². The van der Waals surface area contributed by atoms with Gasteiger partial charge >= 0.3 is 0 Å². The Labute approximate surface area is 119 Å². The number of halogens is 1. The lowest BCUT2D eigenvalue weighted by Crippen LogP contribution is -2.30. The number of nitrogens with zero attached hydrogens (tertiary/aromatic N) is 2. The molecule has 0 aliphatic rings. The Morgan fingerprint density at radius 3 is 2.74 bits per heavy atom. The van der Waals surface area contributed by atoms with Gasteiger partial charge in [0.05, 0.1) is 11.0 Å². The molecule has 1 aromatic carbocycles. The summed E-state index contributed by atoms with van der Waals surface area (Å²) in [5.41, 5.74) is 8.30. The molecule has 4 heteroatoms. The number of aryl methyl sites for hydroxylation is 1. The highest BCUT2D eigenvalue weighted by Crippen LogP contribution is 2.22. The van der Waals surface area contributed by atoms with Crippen molar-refractivity contribution in [3.63, 3.8) is 0 Å². The Balaban J connectivity index is 2.43. The zero-order chi connectivity index (χ0) is 14.0. The highest BCUT2D eigenvalue weighted by atomic mass is 35.5. The molecule has 0 saturated heterocycles. The van der Waals surface area contributed by atoms with Crippen LogP contribution in [0.15, 0.2) is 18.2 Å². The van der Waals surface area contributed by atoms with Gasteiger partial charge in [-0.1, -0.05) is 32.4 Å². The van der Waals surface area contributed by atoms with Crippen molar-refractivity contribution in [2.45, 2.75) is 46.2 Å². The summed E-state index contributed by atoms with van der Waals surface area (Å²) in [4.78, 5) is 4.71. The summed E-state index contributed by atoms with van der Waals surface area (Å²) < 4.78 is 2.27. The number of hydrogen-bond donors (Lipinski definition) is 1. The molecule has 104 valence electrons. The molecule has 1 unspecified atom stereocenters. The number of imidazole rings is 1. The second-order valence-corrected chi connectivity index (χ2v) is 5.86. The van der Waals surface area contributed by atoms with E-state index in [4.69, 9.17) is 22.3 Å². The molecular formula is C15H22ClN3. The van der Waals surface area contributed by atoms with Gasteiger partial charge in [0, 0.05) is 24.0 Å². The Bertz CT molecular complexity index is 560. The minimum atomic E-state index is 0.142. The van der Waals surface area contributed by atoms with E-state index >= 15 is 0 Å². The molecule has 0 aliphatic carbocycles. The van der Waals surface area contributed by atoms with Gasteiger partial charge in [-0.2, -0.15) is 0 Å². The third-order valence-electron chi connectivity index (χ3n) is 3.51. The fraction of sp³-hybridized carbons (Fsp3) is 0.533. The first kappa shape index (κ1) is 14.4. The van der Waals surface area contributed by atoms with Crippen LogP contribution in [0.3, 0.4) is 0 Å². The largest absolute Gasteiger partial charge is 0.328 e. The third kappa shape index (κ3) is 3.10. The zero-order valence-corrected chi connectivity index (χ0v) is 12.6. The Morgan fingerprint density at radius 1 is 1.37 bits per heavy atom. The van der Waals surface area contributed by atoms with Gasteiger partial charge in [-0.3, -0.25) is 0 Å². The maximum atomic E-state index is 6.19. The van der Waals surface area contributed by atoms with Crippen molar-refractivity contribution in [3.05, 3.63) is 29.0 Å². The molecule has 0 fully saturated rings. The van der Waals surface area contributed by atoms with E-state index in [1.54, 1.807) is 0 Å². The van der Waals surface area contributed by atoms with E-state index in [0.717, 1.165) is 41.3 Å². The smallest absolute Gasteiger partial charge is 0.111 e. The van der Waals surface area contributed by atoms with Crippen LogP contribution in [-0.2, 0) is 13.0 Å². The van der Waals surface area contributed by atoms with Crippen LogP contribution in [0.5, 0.6) is 0 Å². The lowest BCUT2D eigenvalue weighted by atomic mass is 10.0. The molecule has 1 atom stereocenters. The van der Waals surface area contributed by atoms with E-state index in [9.17, 15) is 0 Å². The first-order valence-electron chi connectivity index (χ1n) is 6.93. The molecule has 0 spiro atoms. The van der Waals surface area contributed by atoms with Crippen molar-refractivity contribution in [1.82, 2.24) is 9.55 Å². The van der Waals surface area contributed by atoms with Crippen molar-refractivity contribution >= 4 is 22.6 Å². The standard InChI is InChI=1S/C15H22ClN3/c1-4-7-19-14-6-5-11(16)8-13(14)18-15(19)9-12(17)10(2)3/h5-6,8,10,12H,4,7,9,17H2,1-3H3. The van der Waals surface area contributed by atoms with Crippen molar-refractivity contribution in [2.24, 2.45) is 11.7 Å². The maximum absolute atomic E-state index is 6.19. The highest BCUT2D eigenvalue weighted by molar-refractivity contribution is 6.31. The second kappa shape index (κ2) is 5.93. The number of rotatable bonds is 5. The second-order valence-electron chi connectivity index (χ2n) is 5.42. The lowest BCUT2D eigenvalue weighted by Gasteiger charge is -2.16. The van der Waals surface area contributed by atoms with Crippen molar-refractivity contribution in [1.29, 1.82) is 0 Å². The molecule has 19 heavy (non-hydrogen) atoms. The number of hydrogen-bond acceptors (Lipinski definition) is 2. The monoisotopic (exact) mass is 279 g/mol. The van der Waals surface area contributed by atoms with Gasteiger partial charge in [-0.05, 0) is 30.5 Å². The predicted octanol–water partition coefficient (Wildman–Crippen LogP) is 3.63.